The highest BCUT2D eigenvalue weighted by atomic mass is 127. The molecule has 3 N–H and O–H groups in total. The molecule has 1 fully saturated rings. The Labute approximate surface area is 189 Å². The third-order valence-electron chi connectivity index (χ3n) is 5.67. The van der Waals surface area contributed by atoms with Crippen LogP contribution in [-0.2, 0) is 19.6 Å². The van der Waals surface area contributed by atoms with Crippen molar-refractivity contribution < 1.29 is 23.1 Å². The van der Waals surface area contributed by atoms with Crippen molar-refractivity contribution in [2.24, 2.45) is 5.73 Å². The van der Waals surface area contributed by atoms with Gasteiger partial charge in [0.2, 0.25) is 10.0 Å². The summed E-state index contributed by atoms with van der Waals surface area (Å²) in [5.74, 6) is -3.11. The number of carboxylic acid groups (broad SMARTS) is 1. The number of nitrogens with two attached hydrogens (primary N) is 1. The summed E-state index contributed by atoms with van der Waals surface area (Å²) in [4.78, 5) is 25.7. The number of sulfonamides is 1. The lowest BCUT2D eigenvalue weighted by molar-refractivity contribution is -0.150. The molecule has 3 rings (SSSR count). The second-order valence-corrected chi connectivity index (χ2v) is 10.5. The number of benzene rings is 2. The average molecular weight is 542 g/mol. The minimum absolute atomic E-state index is 0.0633. The van der Waals surface area contributed by atoms with E-state index in [0.717, 1.165) is 7.88 Å². The molecule has 0 aromatic heterocycles. The molecule has 9 heteroatoms. The van der Waals surface area contributed by atoms with Gasteiger partial charge in [-0.15, -0.1) is 0 Å². The molecule has 0 aliphatic carbocycles. The molecule has 3 atom stereocenters. The summed E-state index contributed by atoms with van der Waals surface area (Å²) in [6.07, 6.45) is 0.687. The van der Waals surface area contributed by atoms with E-state index in [0.29, 0.717) is 12.0 Å². The zero-order valence-corrected chi connectivity index (χ0v) is 19.3. The number of carboxylic acids is 1. The van der Waals surface area contributed by atoms with Crippen LogP contribution in [0, 0.1) is 3.57 Å². The zero-order valence-electron chi connectivity index (χ0n) is 16.4. The van der Waals surface area contributed by atoms with Crippen molar-refractivity contribution in [2.75, 3.05) is 6.54 Å². The van der Waals surface area contributed by atoms with Crippen LogP contribution in [0.3, 0.4) is 0 Å². The Bertz CT molecular complexity index is 1040. The largest absolute Gasteiger partial charge is 0.480 e. The molecule has 2 unspecified atom stereocenters. The van der Waals surface area contributed by atoms with Crippen LogP contribution in [-0.4, -0.2) is 47.7 Å². The molecule has 0 spiro atoms. The Kier molecular flexibility index (Phi) is 6.66. The van der Waals surface area contributed by atoms with Crippen LogP contribution in [0.25, 0.3) is 0 Å². The average Bonchev–Trinajstić information content (AvgIpc) is 3.24. The third kappa shape index (κ3) is 4.03. The number of hydrogen-bond donors (Lipinski definition) is 2. The molecule has 0 saturated carbocycles. The number of carbonyl (C=O) groups is 2. The molecule has 0 bridgehead atoms. The van der Waals surface area contributed by atoms with Crippen LogP contribution in [0.4, 0.5) is 0 Å². The van der Waals surface area contributed by atoms with Crippen LogP contribution >= 0.6 is 22.6 Å². The first-order valence-electron chi connectivity index (χ1n) is 9.49. The Hall–Kier alpha value is -1.82. The van der Waals surface area contributed by atoms with E-state index < -0.39 is 39.3 Å². The third-order valence-corrected chi connectivity index (χ3v) is 8.31. The molecule has 1 aliphatic rings. The number of halogens is 1. The first-order valence-corrected chi connectivity index (χ1v) is 12.0. The second-order valence-electron chi connectivity index (χ2n) is 7.40. The summed E-state index contributed by atoms with van der Waals surface area (Å²) < 4.78 is 28.3. The summed E-state index contributed by atoms with van der Waals surface area (Å²) >= 11 is 2.13. The van der Waals surface area contributed by atoms with E-state index in [1.54, 1.807) is 49.4 Å². The predicted octanol–water partition coefficient (Wildman–Crippen LogP) is 2.60. The van der Waals surface area contributed by atoms with Gasteiger partial charge in [-0.2, -0.15) is 4.31 Å². The van der Waals surface area contributed by atoms with E-state index in [2.05, 4.69) is 22.6 Å². The standard InChI is InChI=1S/C21H23IN2O5S/c1-14(15-9-11-16(22)12-10-15)21(23,20(26)27)19(25)18-8-5-13-24(18)30(28,29)17-6-3-2-4-7-17/h2-4,6-7,9-12,14,18H,5,8,13,23H2,1H3,(H,26,27)/t14?,18-,21?/m0/s1. The van der Waals surface area contributed by atoms with Gasteiger partial charge < -0.3 is 10.8 Å². The van der Waals surface area contributed by atoms with Gasteiger partial charge in [0.1, 0.15) is 0 Å². The number of Topliss-reactive ketones (excluding diaryl/α,β-unsaturated/α-hetero) is 1. The lowest BCUT2D eigenvalue weighted by atomic mass is 9.75. The van der Waals surface area contributed by atoms with E-state index >= 15 is 0 Å². The fourth-order valence-corrected chi connectivity index (χ4v) is 5.85. The maximum Gasteiger partial charge on any atom is 0.332 e. The fourth-order valence-electron chi connectivity index (χ4n) is 3.81. The van der Waals surface area contributed by atoms with Gasteiger partial charge >= 0.3 is 5.97 Å². The molecule has 0 amide bonds. The minimum Gasteiger partial charge on any atom is -0.480 e. The minimum atomic E-state index is -3.95. The Balaban J connectivity index is 1.98. The molecular weight excluding hydrogens is 519 g/mol. The van der Waals surface area contributed by atoms with Gasteiger partial charge in [0, 0.05) is 16.0 Å². The molecule has 0 radical (unpaired) electrons. The van der Waals surface area contributed by atoms with Crippen LogP contribution in [0.1, 0.15) is 31.2 Å². The second kappa shape index (κ2) is 8.74. The Morgan fingerprint density at radius 2 is 1.77 bits per heavy atom. The van der Waals surface area contributed by atoms with Crippen molar-refractivity contribution >= 4 is 44.4 Å². The zero-order chi connectivity index (χ0) is 22.1. The number of rotatable bonds is 7. The number of hydrogen-bond acceptors (Lipinski definition) is 5. The highest BCUT2D eigenvalue weighted by molar-refractivity contribution is 14.1. The molecule has 1 aliphatic heterocycles. The van der Waals surface area contributed by atoms with Gasteiger partial charge in [0.25, 0.3) is 0 Å². The number of nitrogens with zero attached hydrogens (tertiary/aromatic N) is 1. The van der Waals surface area contributed by atoms with Crippen LogP contribution in [0.2, 0.25) is 0 Å². The predicted molar refractivity (Wildman–Crippen MR) is 120 cm³/mol. The molecule has 160 valence electrons. The Morgan fingerprint density at radius 3 is 2.33 bits per heavy atom. The highest BCUT2D eigenvalue weighted by Crippen LogP contribution is 2.34. The summed E-state index contributed by atoms with van der Waals surface area (Å²) in [7, 11) is -3.95. The van der Waals surface area contributed by atoms with Crippen molar-refractivity contribution in [2.45, 2.75) is 42.2 Å². The van der Waals surface area contributed by atoms with Gasteiger partial charge in [-0.05, 0) is 65.3 Å². The lowest BCUT2D eigenvalue weighted by Gasteiger charge is -2.34. The molecular formula is C21H23IN2O5S. The van der Waals surface area contributed by atoms with E-state index in [1.165, 1.54) is 12.1 Å². The van der Waals surface area contributed by atoms with Crippen molar-refractivity contribution in [3.63, 3.8) is 0 Å². The first-order chi connectivity index (χ1) is 14.1. The van der Waals surface area contributed by atoms with Crippen molar-refractivity contribution in [1.29, 1.82) is 0 Å². The number of carbonyl (C=O) groups excluding carboxylic acids is 1. The molecule has 2 aromatic rings. The van der Waals surface area contributed by atoms with E-state index in [9.17, 15) is 23.1 Å². The van der Waals surface area contributed by atoms with Gasteiger partial charge in [-0.25, -0.2) is 13.2 Å². The fraction of sp³-hybridized carbons (Fsp3) is 0.333. The van der Waals surface area contributed by atoms with E-state index in [-0.39, 0.29) is 17.9 Å². The summed E-state index contributed by atoms with van der Waals surface area (Å²) in [6.45, 7) is 1.72. The maximum absolute atomic E-state index is 13.5. The van der Waals surface area contributed by atoms with Gasteiger partial charge in [-0.1, -0.05) is 37.3 Å². The van der Waals surface area contributed by atoms with Gasteiger partial charge in [0.15, 0.2) is 11.3 Å². The summed E-state index contributed by atoms with van der Waals surface area (Å²) in [5, 5.41) is 9.94. The molecule has 7 nitrogen and oxygen atoms in total. The molecule has 1 heterocycles. The van der Waals surface area contributed by atoms with Crippen molar-refractivity contribution in [1.82, 2.24) is 4.31 Å². The summed E-state index contributed by atoms with van der Waals surface area (Å²) in [6, 6.07) is 13.8. The van der Waals surface area contributed by atoms with E-state index in [1.807, 2.05) is 0 Å². The van der Waals surface area contributed by atoms with E-state index in [4.69, 9.17) is 5.73 Å². The smallest absolute Gasteiger partial charge is 0.332 e. The van der Waals surface area contributed by atoms with Crippen molar-refractivity contribution in [3.8, 4) is 0 Å². The SMILES string of the molecule is CC(c1ccc(I)cc1)C(N)(C(=O)O)C(=O)[C@@H]1CCCN1S(=O)(=O)c1ccccc1. The molecule has 1 saturated heterocycles. The summed E-state index contributed by atoms with van der Waals surface area (Å²) in [5.41, 5.74) is 4.59. The van der Waals surface area contributed by atoms with Crippen LogP contribution in [0.5, 0.6) is 0 Å². The van der Waals surface area contributed by atoms with Gasteiger partial charge in [0.05, 0.1) is 10.9 Å². The maximum atomic E-state index is 13.5. The van der Waals surface area contributed by atoms with Crippen LogP contribution < -0.4 is 5.73 Å². The lowest BCUT2D eigenvalue weighted by Crippen LogP contribution is -2.63. The molecule has 30 heavy (non-hydrogen) atoms. The Morgan fingerprint density at radius 1 is 1.17 bits per heavy atom. The number of aliphatic carboxylic acids is 1. The normalized spacial score (nSPS) is 20.4. The monoisotopic (exact) mass is 542 g/mol. The molecule has 2 aromatic carbocycles. The first kappa shape index (κ1) is 22.9. The highest BCUT2D eigenvalue weighted by Gasteiger charge is 2.53. The van der Waals surface area contributed by atoms with Crippen molar-refractivity contribution in [3.05, 3.63) is 63.7 Å². The van der Waals surface area contributed by atoms with Crippen LogP contribution in [0.15, 0.2) is 59.5 Å². The topological polar surface area (TPSA) is 118 Å². The van der Waals surface area contributed by atoms with Gasteiger partial charge in [-0.3, -0.25) is 4.79 Å². The quantitative estimate of drug-likeness (QED) is 0.411. The number of ketones is 1.